The van der Waals surface area contributed by atoms with Crippen molar-refractivity contribution in [2.45, 2.75) is 38.5 Å². The minimum absolute atomic E-state index is 0.111. The van der Waals surface area contributed by atoms with Gasteiger partial charge in [0.15, 0.2) is 0 Å². The van der Waals surface area contributed by atoms with Gasteiger partial charge >= 0.3 is 0 Å². The van der Waals surface area contributed by atoms with Crippen LogP contribution in [0.1, 0.15) is 49.9 Å². The monoisotopic (exact) mass is 714 g/mol. The van der Waals surface area contributed by atoms with E-state index in [1.807, 2.05) is 0 Å². The molecule has 9 aromatic rings. The average molecular weight is 715 g/mol. The Bertz CT molecular complexity index is 2840. The van der Waals surface area contributed by atoms with E-state index in [1.54, 1.807) is 0 Å². The van der Waals surface area contributed by atoms with Crippen molar-refractivity contribution in [2.75, 3.05) is 0 Å². The first kappa shape index (κ1) is 32.9. The van der Waals surface area contributed by atoms with E-state index < -0.39 is 0 Å². The predicted octanol–water partition coefficient (Wildman–Crippen LogP) is 15.3. The summed E-state index contributed by atoms with van der Waals surface area (Å²) in [5.41, 5.74) is 20.8. The summed E-state index contributed by atoms with van der Waals surface area (Å²) in [6.07, 6.45) is 0. The molecule has 0 aromatic heterocycles. The molecule has 0 unspecified atom stereocenters. The Balaban J connectivity index is 1.30. The molecule has 2 aliphatic carbocycles. The van der Waals surface area contributed by atoms with Crippen molar-refractivity contribution in [1.29, 1.82) is 0 Å². The zero-order valence-electron chi connectivity index (χ0n) is 32.3. The van der Waals surface area contributed by atoms with Crippen molar-refractivity contribution in [3.63, 3.8) is 0 Å². The molecule has 0 heterocycles. The number of rotatable bonds is 4. The van der Waals surface area contributed by atoms with Crippen molar-refractivity contribution in [2.24, 2.45) is 0 Å². The fraction of sp³-hybridized carbons (Fsp3) is 0.107. The van der Waals surface area contributed by atoms with Crippen molar-refractivity contribution >= 4 is 21.5 Å². The second-order valence-electron chi connectivity index (χ2n) is 16.8. The molecule has 0 aliphatic heterocycles. The summed E-state index contributed by atoms with van der Waals surface area (Å²) in [7, 11) is 0. The van der Waals surface area contributed by atoms with Crippen LogP contribution in [-0.4, -0.2) is 0 Å². The first-order chi connectivity index (χ1) is 27.3. The molecule has 0 bridgehead atoms. The molecule has 266 valence electrons. The normalized spacial score (nSPS) is 14.4. The van der Waals surface area contributed by atoms with Crippen LogP contribution in [0.2, 0.25) is 0 Å². The highest BCUT2D eigenvalue weighted by Crippen LogP contribution is 2.55. The molecular formula is C56H42. The molecule has 0 atom stereocenters. The number of hydrogen-bond acceptors (Lipinski definition) is 0. The zero-order valence-corrected chi connectivity index (χ0v) is 32.3. The molecule has 9 aromatic carbocycles. The second-order valence-corrected chi connectivity index (χ2v) is 16.8. The van der Waals surface area contributed by atoms with E-state index in [0.29, 0.717) is 0 Å². The van der Waals surface area contributed by atoms with Gasteiger partial charge in [0.2, 0.25) is 0 Å². The molecule has 0 radical (unpaired) electrons. The van der Waals surface area contributed by atoms with E-state index in [0.717, 1.165) is 0 Å². The minimum atomic E-state index is -0.111. The fourth-order valence-corrected chi connectivity index (χ4v) is 10.4. The fourth-order valence-electron chi connectivity index (χ4n) is 10.4. The van der Waals surface area contributed by atoms with E-state index in [9.17, 15) is 0 Å². The van der Waals surface area contributed by atoms with Crippen LogP contribution in [0.4, 0.5) is 0 Å². The van der Waals surface area contributed by atoms with Gasteiger partial charge < -0.3 is 0 Å². The molecule has 0 heteroatoms. The van der Waals surface area contributed by atoms with Crippen LogP contribution < -0.4 is 0 Å². The lowest BCUT2D eigenvalue weighted by Crippen LogP contribution is -2.15. The molecule has 0 fully saturated rings. The van der Waals surface area contributed by atoms with Crippen LogP contribution in [0.3, 0.4) is 0 Å². The standard InChI is InChI=1S/C56H42/c1-55(2)47-27-13-11-21-41(47)43-31-29-37(33-49(43)55)51-45-25-15-24-40(36-19-9-6-10-20-36)54(45)52(46-26-16-23-39(53(46)51)35-17-7-5-8-18-35)38-30-32-44-42-22-12-14-28-48(42)56(3,4)50(44)34-38/h5-34H,1-4H3. The second kappa shape index (κ2) is 12.0. The van der Waals surface area contributed by atoms with Gasteiger partial charge in [-0.25, -0.2) is 0 Å². The molecular weight excluding hydrogens is 673 g/mol. The van der Waals surface area contributed by atoms with Crippen LogP contribution in [0.25, 0.3) is 88.3 Å². The Kier molecular flexibility index (Phi) is 7.05. The van der Waals surface area contributed by atoms with E-state index in [-0.39, 0.29) is 10.8 Å². The molecule has 56 heavy (non-hydrogen) atoms. The van der Waals surface area contributed by atoms with Gasteiger partial charge in [0, 0.05) is 10.8 Å². The topological polar surface area (TPSA) is 0 Å². The van der Waals surface area contributed by atoms with Crippen LogP contribution >= 0.6 is 0 Å². The number of hydrogen-bond donors (Lipinski definition) is 0. The maximum atomic E-state index is 2.51. The Hall–Kier alpha value is -6.50. The number of benzene rings is 9. The third kappa shape index (κ3) is 4.60. The van der Waals surface area contributed by atoms with Crippen molar-refractivity contribution in [3.8, 4) is 66.8 Å². The zero-order chi connectivity index (χ0) is 37.8. The SMILES string of the molecule is CC1(C)c2ccccc2-c2ccc(-c3c4cccc(-c5ccccc5)c4c(-c4ccc5c(c4)C(C)(C)c4ccccc4-5)c4cccc(-c5ccccc5)c34)cc21. The Morgan fingerprint density at radius 1 is 0.268 bits per heavy atom. The molecule has 0 spiro atoms. The smallest absolute Gasteiger partial charge is 0.0159 e. The first-order valence-electron chi connectivity index (χ1n) is 19.9. The third-order valence-corrected chi connectivity index (χ3v) is 13.1. The summed E-state index contributed by atoms with van der Waals surface area (Å²) < 4.78 is 0. The maximum Gasteiger partial charge on any atom is 0.0159 e. The molecule has 0 saturated heterocycles. The Morgan fingerprint density at radius 3 is 1.05 bits per heavy atom. The third-order valence-electron chi connectivity index (χ3n) is 13.1. The van der Waals surface area contributed by atoms with Gasteiger partial charge in [-0.15, -0.1) is 0 Å². The van der Waals surface area contributed by atoms with Crippen LogP contribution in [-0.2, 0) is 10.8 Å². The van der Waals surface area contributed by atoms with Gasteiger partial charge in [0.05, 0.1) is 0 Å². The highest BCUT2D eigenvalue weighted by atomic mass is 14.4. The highest BCUT2D eigenvalue weighted by molar-refractivity contribution is 6.27. The quantitative estimate of drug-likeness (QED) is 0.159. The number of fused-ring (bicyclic) bond motifs is 8. The average Bonchev–Trinajstić information content (AvgIpc) is 3.61. The lowest BCUT2D eigenvalue weighted by Gasteiger charge is -2.25. The van der Waals surface area contributed by atoms with Gasteiger partial charge in [-0.05, 0) is 123 Å². The first-order valence-corrected chi connectivity index (χ1v) is 19.9. The minimum Gasteiger partial charge on any atom is -0.0622 e. The van der Waals surface area contributed by atoms with Crippen LogP contribution in [0, 0.1) is 0 Å². The van der Waals surface area contributed by atoms with Crippen molar-refractivity contribution in [3.05, 3.63) is 204 Å². The maximum absolute atomic E-state index is 2.51. The summed E-state index contributed by atoms with van der Waals surface area (Å²) in [6.45, 7) is 9.54. The summed E-state index contributed by atoms with van der Waals surface area (Å²) in [5.74, 6) is 0. The van der Waals surface area contributed by atoms with Gasteiger partial charge in [-0.3, -0.25) is 0 Å². The highest BCUT2D eigenvalue weighted by Gasteiger charge is 2.37. The van der Waals surface area contributed by atoms with E-state index in [2.05, 4.69) is 210 Å². The molecule has 0 saturated carbocycles. The predicted molar refractivity (Wildman–Crippen MR) is 238 cm³/mol. The lowest BCUT2D eigenvalue weighted by molar-refractivity contribution is 0.660. The summed E-state index contributed by atoms with van der Waals surface area (Å²) in [5, 5.41) is 5.13. The summed E-state index contributed by atoms with van der Waals surface area (Å²) in [6, 6.07) is 68.4. The van der Waals surface area contributed by atoms with E-state index in [1.165, 1.54) is 111 Å². The van der Waals surface area contributed by atoms with Crippen LogP contribution in [0.15, 0.2) is 182 Å². The largest absolute Gasteiger partial charge is 0.0622 e. The van der Waals surface area contributed by atoms with Gasteiger partial charge in [-0.1, -0.05) is 198 Å². The summed E-state index contributed by atoms with van der Waals surface area (Å²) >= 11 is 0. The van der Waals surface area contributed by atoms with E-state index >= 15 is 0 Å². The molecule has 2 aliphatic rings. The lowest BCUT2D eigenvalue weighted by atomic mass is 9.77. The Labute approximate surface area is 329 Å². The van der Waals surface area contributed by atoms with Gasteiger partial charge in [0.1, 0.15) is 0 Å². The van der Waals surface area contributed by atoms with Crippen molar-refractivity contribution in [1.82, 2.24) is 0 Å². The van der Waals surface area contributed by atoms with Crippen LogP contribution in [0.5, 0.6) is 0 Å². The Morgan fingerprint density at radius 2 is 0.625 bits per heavy atom. The molecule has 0 N–H and O–H groups in total. The molecule has 11 rings (SSSR count). The summed E-state index contributed by atoms with van der Waals surface area (Å²) in [4.78, 5) is 0. The van der Waals surface area contributed by atoms with Gasteiger partial charge in [0.25, 0.3) is 0 Å². The molecule has 0 nitrogen and oxygen atoms in total. The van der Waals surface area contributed by atoms with E-state index in [4.69, 9.17) is 0 Å². The van der Waals surface area contributed by atoms with Crippen molar-refractivity contribution < 1.29 is 0 Å². The molecule has 0 amide bonds. The van der Waals surface area contributed by atoms with Gasteiger partial charge in [-0.2, -0.15) is 0 Å².